The van der Waals surface area contributed by atoms with E-state index in [1.165, 1.54) is 35.2 Å². The van der Waals surface area contributed by atoms with E-state index < -0.39 is 18.0 Å². The zero-order valence-corrected chi connectivity index (χ0v) is 16.6. The molecule has 1 aromatic carbocycles. The number of carbonyl (C=O) groups is 1. The molecule has 30 heavy (non-hydrogen) atoms. The topological polar surface area (TPSA) is 112 Å². The number of anilines is 1. The predicted octanol–water partition coefficient (Wildman–Crippen LogP) is 0.892. The van der Waals surface area contributed by atoms with Crippen LogP contribution < -0.4 is 10.2 Å². The van der Waals surface area contributed by atoms with E-state index in [-0.39, 0.29) is 17.4 Å². The van der Waals surface area contributed by atoms with Crippen molar-refractivity contribution in [3.8, 4) is 5.69 Å². The second kappa shape index (κ2) is 8.41. The minimum absolute atomic E-state index is 0.201. The molecule has 0 spiro atoms. The van der Waals surface area contributed by atoms with Crippen LogP contribution in [0.15, 0.2) is 37.1 Å². The number of rotatable bonds is 6. The van der Waals surface area contributed by atoms with Gasteiger partial charge in [0.15, 0.2) is 5.82 Å². The van der Waals surface area contributed by atoms with Crippen LogP contribution in [0, 0.1) is 5.82 Å². The lowest BCUT2D eigenvalue weighted by molar-refractivity contribution is 0.142. The third kappa shape index (κ3) is 4.20. The molecule has 0 bridgehead atoms. The van der Waals surface area contributed by atoms with Gasteiger partial charge >= 0.3 is 6.09 Å². The van der Waals surface area contributed by atoms with Gasteiger partial charge in [0, 0.05) is 0 Å². The molecular weight excluding hydrogens is 415 g/mol. The molecule has 0 saturated carbocycles. The Labute approximate surface area is 175 Å². The molecule has 0 unspecified atom stereocenters. The maximum absolute atomic E-state index is 14.8. The maximum Gasteiger partial charge on any atom is 0.414 e. The van der Waals surface area contributed by atoms with Crippen molar-refractivity contribution in [3.05, 3.63) is 48.6 Å². The number of nitrogens with one attached hydrogen (secondary N) is 1. The van der Waals surface area contributed by atoms with Gasteiger partial charge in [0.25, 0.3) is 5.17 Å². The summed E-state index contributed by atoms with van der Waals surface area (Å²) in [6, 6.07) is 4.40. The largest absolute Gasteiger partial charge is 0.474 e. The molecule has 2 aromatic heterocycles. The van der Waals surface area contributed by atoms with Crippen LogP contribution in [-0.4, -0.2) is 67.3 Å². The molecule has 0 radical (unpaired) electrons. The molecule has 1 aliphatic heterocycles. The molecule has 13 heteroatoms. The number of amides is 1. The van der Waals surface area contributed by atoms with Crippen LogP contribution in [0.3, 0.4) is 0 Å². The molecule has 1 saturated heterocycles. The summed E-state index contributed by atoms with van der Waals surface area (Å²) >= 11 is 4.90. The highest BCUT2D eigenvalue weighted by Crippen LogP contribution is 2.25. The van der Waals surface area contributed by atoms with E-state index in [4.69, 9.17) is 21.7 Å². The molecular formula is C17H17FN8O3S. The minimum Gasteiger partial charge on any atom is -0.474 e. The number of cyclic esters (lactones) is 1. The Kier molecular flexibility index (Phi) is 5.52. The van der Waals surface area contributed by atoms with E-state index in [9.17, 15) is 9.18 Å². The number of hydrogen-bond acceptors (Lipinski definition) is 8. The first kappa shape index (κ1) is 19.7. The van der Waals surface area contributed by atoms with Gasteiger partial charge in [-0.05, 0) is 30.4 Å². The number of methoxy groups -OCH3 is 1. The van der Waals surface area contributed by atoms with Gasteiger partial charge in [-0.3, -0.25) is 4.90 Å². The van der Waals surface area contributed by atoms with E-state index in [0.29, 0.717) is 24.5 Å². The van der Waals surface area contributed by atoms with Crippen molar-refractivity contribution >= 4 is 29.2 Å². The lowest BCUT2D eigenvalue weighted by Crippen LogP contribution is -2.34. The molecule has 11 nitrogen and oxygen atoms in total. The van der Waals surface area contributed by atoms with E-state index in [1.54, 1.807) is 23.3 Å². The van der Waals surface area contributed by atoms with Crippen LogP contribution in [0.5, 0.6) is 0 Å². The SMILES string of the molecule is COC(=S)NC[C@H]1CN(c2ccc(-n3cc(Cn4cncn4)nn3)c(F)c2)C(=O)O1. The smallest absolute Gasteiger partial charge is 0.414 e. The summed E-state index contributed by atoms with van der Waals surface area (Å²) in [6.07, 6.45) is 3.56. The molecule has 1 N–H and O–H groups in total. The first-order valence-electron chi connectivity index (χ1n) is 8.87. The molecule has 0 aliphatic carbocycles. The third-order valence-corrected chi connectivity index (χ3v) is 4.67. The first-order valence-corrected chi connectivity index (χ1v) is 9.28. The third-order valence-electron chi connectivity index (χ3n) is 4.35. The number of aromatic nitrogens is 6. The highest BCUT2D eigenvalue weighted by atomic mass is 32.1. The summed E-state index contributed by atoms with van der Waals surface area (Å²) in [7, 11) is 1.44. The Morgan fingerprint density at radius 1 is 1.47 bits per heavy atom. The van der Waals surface area contributed by atoms with Crippen molar-refractivity contribution in [3.63, 3.8) is 0 Å². The monoisotopic (exact) mass is 432 g/mol. The molecule has 1 aliphatic rings. The average molecular weight is 432 g/mol. The van der Waals surface area contributed by atoms with Crippen molar-refractivity contribution in [2.45, 2.75) is 12.6 Å². The highest BCUT2D eigenvalue weighted by Gasteiger charge is 2.32. The summed E-state index contributed by atoms with van der Waals surface area (Å²) in [6.45, 7) is 0.909. The summed E-state index contributed by atoms with van der Waals surface area (Å²) < 4.78 is 27.8. The molecule has 1 fully saturated rings. The Hall–Kier alpha value is -3.61. The molecule has 1 atom stereocenters. The van der Waals surface area contributed by atoms with Gasteiger partial charge in [-0.2, -0.15) is 5.10 Å². The fourth-order valence-corrected chi connectivity index (χ4v) is 3.01. The van der Waals surface area contributed by atoms with Crippen LogP contribution in [-0.2, 0) is 16.0 Å². The number of thiocarbonyl (C=S) groups is 1. The fraction of sp³-hybridized carbons (Fsp3) is 0.294. The zero-order chi connectivity index (χ0) is 21.1. The quantitative estimate of drug-likeness (QED) is 0.568. The molecule has 4 rings (SSSR count). The summed E-state index contributed by atoms with van der Waals surface area (Å²) in [4.78, 5) is 17.4. The lowest BCUT2D eigenvalue weighted by atomic mass is 10.2. The van der Waals surface area contributed by atoms with Gasteiger partial charge in [0.2, 0.25) is 0 Å². The number of carbonyl (C=O) groups excluding carboxylic acids is 1. The number of benzene rings is 1. The fourth-order valence-electron chi connectivity index (χ4n) is 2.93. The van der Waals surface area contributed by atoms with Crippen molar-refractivity contribution in [1.82, 2.24) is 35.1 Å². The average Bonchev–Trinajstić information content (AvgIpc) is 3.48. The standard InChI is InChI=1S/C17H17FN8O3S/c1-28-16(30)20-5-13-8-25(17(27)29-13)12-2-3-15(14(18)4-12)26-7-11(22-23-26)6-24-10-19-9-21-24/h2-4,7,9-10,13H,5-6,8H2,1H3,(H,20,30)/t13-/m0/s1. The van der Waals surface area contributed by atoms with E-state index in [0.717, 1.165) is 0 Å². The van der Waals surface area contributed by atoms with Crippen molar-refractivity contribution in [2.75, 3.05) is 25.1 Å². The predicted molar refractivity (Wildman–Crippen MR) is 106 cm³/mol. The molecule has 3 heterocycles. The van der Waals surface area contributed by atoms with Crippen molar-refractivity contribution in [2.24, 2.45) is 0 Å². The van der Waals surface area contributed by atoms with Gasteiger partial charge in [0.1, 0.15) is 30.1 Å². The lowest BCUT2D eigenvalue weighted by Gasteiger charge is -2.14. The van der Waals surface area contributed by atoms with Gasteiger partial charge in [-0.15, -0.1) is 5.10 Å². The number of hydrogen-bond donors (Lipinski definition) is 1. The van der Waals surface area contributed by atoms with E-state index >= 15 is 0 Å². The number of halogens is 1. The number of ether oxygens (including phenoxy) is 2. The van der Waals surface area contributed by atoms with Gasteiger partial charge in [-0.1, -0.05) is 5.21 Å². The molecule has 3 aromatic rings. The number of nitrogens with zero attached hydrogens (tertiary/aromatic N) is 7. The van der Waals surface area contributed by atoms with E-state index in [1.807, 2.05) is 0 Å². The van der Waals surface area contributed by atoms with Crippen molar-refractivity contribution in [1.29, 1.82) is 0 Å². The van der Waals surface area contributed by atoms with Gasteiger partial charge in [-0.25, -0.2) is 23.5 Å². The summed E-state index contributed by atoms with van der Waals surface area (Å²) in [5, 5.41) is 15.0. The summed E-state index contributed by atoms with van der Waals surface area (Å²) in [5.41, 5.74) is 1.17. The second-order valence-electron chi connectivity index (χ2n) is 6.37. The van der Waals surface area contributed by atoms with Crippen LogP contribution in [0.25, 0.3) is 5.69 Å². The second-order valence-corrected chi connectivity index (χ2v) is 6.74. The Bertz CT molecular complexity index is 1060. The molecule has 1 amide bonds. The van der Waals surface area contributed by atoms with Crippen LogP contribution in [0.2, 0.25) is 0 Å². The van der Waals surface area contributed by atoms with Crippen LogP contribution in [0.4, 0.5) is 14.9 Å². The minimum atomic E-state index is -0.562. The van der Waals surface area contributed by atoms with Gasteiger partial charge in [0.05, 0.1) is 38.6 Å². The zero-order valence-electron chi connectivity index (χ0n) is 15.8. The van der Waals surface area contributed by atoms with Crippen molar-refractivity contribution < 1.29 is 18.7 Å². The Morgan fingerprint density at radius 2 is 2.33 bits per heavy atom. The Morgan fingerprint density at radius 3 is 3.07 bits per heavy atom. The first-order chi connectivity index (χ1) is 14.5. The van der Waals surface area contributed by atoms with Crippen LogP contribution >= 0.6 is 12.2 Å². The molecule has 156 valence electrons. The van der Waals surface area contributed by atoms with E-state index in [2.05, 4.69) is 25.7 Å². The Balaban J connectivity index is 1.45. The normalized spacial score (nSPS) is 15.9. The highest BCUT2D eigenvalue weighted by molar-refractivity contribution is 7.80. The van der Waals surface area contributed by atoms with Gasteiger partial charge < -0.3 is 14.8 Å². The maximum atomic E-state index is 14.8. The summed E-state index contributed by atoms with van der Waals surface area (Å²) in [5.74, 6) is -0.556. The van der Waals surface area contributed by atoms with Crippen LogP contribution in [0.1, 0.15) is 5.69 Å².